The van der Waals surface area contributed by atoms with E-state index in [9.17, 15) is 4.79 Å². The Hall–Kier alpha value is -4.72. The lowest BCUT2D eigenvalue weighted by Crippen LogP contribution is -2.35. The first-order valence-electron chi connectivity index (χ1n) is 10.4. The Kier molecular flexibility index (Phi) is 5.38. The number of aromatic nitrogens is 4. The number of fused-ring (bicyclic) bond motifs is 1. The van der Waals surface area contributed by atoms with Crippen LogP contribution in [0.2, 0.25) is 0 Å². The fraction of sp³-hybridized carbons (Fsp3) is 0.0400. The zero-order valence-corrected chi connectivity index (χ0v) is 17.6. The number of nitrogens with zero attached hydrogens (tertiary/aromatic N) is 4. The number of nitrogens with one attached hydrogen (secondary N) is 2. The summed E-state index contributed by atoms with van der Waals surface area (Å²) in [5.74, 6) is 0.0317. The van der Waals surface area contributed by atoms with E-state index in [-0.39, 0.29) is 11.6 Å². The highest BCUT2D eigenvalue weighted by Gasteiger charge is 2.23. The summed E-state index contributed by atoms with van der Waals surface area (Å²) < 4.78 is 1.79. The van der Waals surface area contributed by atoms with Crippen LogP contribution in [0.4, 0.5) is 11.5 Å². The zero-order valence-electron chi connectivity index (χ0n) is 17.6. The van der Waals surface area contributed by atoms with Gasteiger partial charge in [0.2, 0.25) is 5.91 Å². The van der Waals surface area contributed by atoms with Crippen LogP contribution in [0.3, 0.4) is 0 Å². The molecule has 0 saturated heterocycles. The molecule has 1 amide bonds. The minimum atomic E-state index is -0.500. The summed E-state index contributed by atoms with van der Waals surface area (Å²) in [6.45, 7) is 0. The SMILES string of the molecule is Nc1c(NNC(=O)C(c2ccccc2)c2ccccc2)ncnc1-n1cnc2ccccc21. The number of anilines is 2. The third-order valence-corrected chi connectivity index (χ3v) is 5.38. The topological polar surface area (TPSA) is 111 Å². The van der Waals surface area contributed by atoms with Crippen molar-refractivity contribution in [1.29, 1.82) is 0 Å². The second-order valence-electron chi connectivity index (χ2n) is 7.43. The van der Waals surface area contributed by atoms with Crippen LogP contribution >= 0.6 is 0 Å². The molecule has 0 aliphatic carbocycles. The molecule has 162 valence electrons. The summed E-state index contributed by atoms with van der Waals surface area (Å²) in [6, 6.07) is 26.9. The molecule has 5 rings (SSSR count). The quantitative estimate of drug-likeness (QED) is 0.351. The minimum absolute atomic E-state index is 0.236. The first kappa shape index (κ1) is 20.2. The summed E-state index contributed by atoms with van der Waals surface area (Å²) in [7, 11) is 0. The van der Waals surface area contributed by atoms with Crippen molar-refractivity contribution in [1.82, 2.24) is 24.9 Å². The highest BCUT2D eigenvalue weighted by molar-refractivity contribution is 5.88. The first-order chi connectivity index (χ1) is 16.2. The lowest BCUT2D eigenvalue weighted by Gasteiger charge is -2.19. The van der Waals surface area contributed by atoms with Crippen molar-refractivity contribution in [2.24, 2.45) is 0 Å². The summed E-state index contributed by atoms with van der Waals surface area (Å²) in [5.41, 5.74) is 15.7. The molecule has 0 atom stereocenters. The van der Waals surface area contributed by atoms with Gasteiger partial charge in [0, 0.05) is 0 Å². The van der Waals surface area contributed by atoms with Crippen LogP contribution in [0.15, 0.2) is 97.6 Å². The number of nitrogens with two attached hydrogens (primary N) is 1. The normalized spacial score (nSPS) is 10.9. The molecule has 2 heterocycles. The minimum Gasteiger partial charge on any atom is -0.393 e. The molecule has 0 bridgehead atoms. The monoisotopic (exact) mass is 435 g/mol. The van der Waals surface area contributed by atoms with Gasteiger partial charge in [0.05, 0.1) is 17.0 Å². The number of hydrogen-bond donors (Lipinski definition) is 3. The van der Waals surface area contributed by atoms with E-state index in [0.717, 1.165) is 22.2 Å². The molecule has 0 saturated carbocycles. The molecule has 4 N–H and O–H groups in total. The largest absolute Gasteiger partial charge is 0.393 e. The number of amides is 1. The predicted molar refractivity (Wildman–Crippen MR) is 128 cm³/mol. The van der Waals surface area contributed by atoms with Gasteiger partial charge in [0.15, 0.2) is 11.6 Å². The lowest BCUT2D eigenvalue weighted by atomic mass is 9.91. The van der Waals surface area contributed by atoms with Crippen molar-refractivity contribution in [2.45, 2.75) is 5.92 Å². The highest BCUT2D eigenvalue weighted by atomic mass is 16.2. The van der Waals surface area contributed by atoms with Gasteiger partial charge in [-0.25, -0.2) is 15.0 Å². The van der Waals surface area contributed by atoms with E-state index in [2.05, 4.69) is 25.8 Å². The summed E-state index contributed by atoms with van der Waals surface area (Å²) >= 11 is 0. The average molecular weight is 435 g/mol. The Labute approximate surface area is 190 Å². The van der Waals surface area contributed by atoms with Crippen molar-refractivity contribution in [3.63, 3.8) is 0 Å². The maximum Gasteiger partial charge on any atom is 0.250 e. The summed E-state index contributed by atoms with van der Waals surface area (Å²) in [5, 5.41) is 0. The average Bonchev–Trinajstić information content (AvgIpc) is 3.29. The van der Waals surface area contributed by atoms with Gasteiger partial charge in [0.25, 0.3) is 0 Å². The standard InChI is InChI=1S/C25H21N7O/c26-22-23(27-15-28-24(22)32-16-29-19-13-7-8-14-20(19)32)30-31-25(33)21(17-9-3-1-4-10-17)18-11-5-2-6-12-18/h1-16,21H,26H2,(H,31,33)(H,27,28,30). The molecule has 33 heavy (non-hydrogen) atoms. The molecule has 0 fully saturated rings. The third-order valence-electron chi connectivity index (χ3n) is 5.38. The van der Waals surface area contributed by atoms with Gasteiger partial charge in [-0.1, -0.05) is 72.8 Å². The van der Waals surface area contributed by atoms with Gasteiger partial charge in [-0.05, 0) is 23.3 Å². The number of para-hydroxylation sites is 2. The molecule has 5 aromatic rings. The number of hydrogen-bond acceptors (Lipinski definition) is 6. The molecule has 0 radical (unpaired) electrons. The molecule has 3 aromatic carbocycles. The number of rotatable bonds is 6. The summed E-state index contributed by atoms with van der Waals surface area (Å²) in [6.07, 6.45) is 3.05. The van der Waals surface area contributed by atoms with Crippen molar-refractivity contribution >= 4 is 28.4 Å². The Balaban J connectivity index is 1.42. The van der Waals surface area contributed by atoms with E-state index in [1.54, 1.807) is 10.9 Å². The van der Waals surface area contributed by atoms with Crippen LogP contribution in [-0.2, 0) is 4.79 Å². The Bertz CT molecular complexity index is 1360. The second-order valence-corrected chi connectivity index (χ2v) is 7.43. The van der Waals surface area contributed by atoms with Crippen LogP contribution in [0.5, 0.6) is 0 Å². The number of carbonyl (C=O) groups excluding carboxylic acids is 1. The Morgan fingerprint density at radius 2 is 1.45 bits per heavy atom. The number of carbonyl (C=O) groups is 1. The van der Waals surface area contributed by atoms with Crippen molar-refractivity contribution in [2.75, 3.05) is 11.2 Å². The Morgan fingerprint density at radius 3 is 2.15 bits per heavy atom. The molecular formula is C25H21N7O. The Morgan fingerprint density at radius 1 is 0.818 bits per heavy atom. The van der Waals surface area contributed by atoms with Crippen LogP contribution in [0.25, 0.3) is 16.9 Å². The predicted octanol–water partition coefficient (Wildman–Crippen LogP) is 3.67. The zero-order chi connectivity index (χ0) is 22.6. The highest BCUT2D eigenvalue weighted by Crippen LogP contribution is 2.26. The van der Waals surface area contributed by atoms with Crippen molar-refractivity contribution in [3.8, 4) is 5.82 Å². The molecular weight excluding hydrogens is 414 g/mol. The van der Waals surface area contributed by atoms with E-state index in [4.69, 9.17) is 5.73 Å². The van der Waals surface area contributed by atoms with Crippen molar-refractivity contribution in [3.05, 3.63) is 109 Å². The third kappa shape index (κ3) is 3.97. The fourth-order valence-corrected chi connectivity index (χ4v) is 3.78. The van der Waals surface area contributed by atoms with Gasteiger partial charge in [-0.15, -0.1) is 0 Å². The van der Waals surface area contributed by atoms with Gasteiger partial charge < -0.3 is 5.73 Å². The van der Waals surface area contributed by atoms with Crippen LogP contribution < -0.4 is 16.6 Å². The van der Waals surface area contributed by atoms with Gasteiger partial charge in [-0.2, -0.15) is 0 Å². The van der Waals surface area contributed by atoms with Crippen molar-refractivity contribution < 1.29 is 4.79 Å². The molecule has 0 spiro atoms. The van der Waals surface area contributed by atoms with Crippen LogP contribution in [-0.4, -0.2) is 25.4 Å². The maximum atomic E-state index is 13.2. The van der Waals surface area contributed by atoms with Gasteiger partial charge in [0.1, 0.15) is 18.3 Å². The number of benzene rings is 3. The maximum absolute atomic E-state index is 13.2. The van der Waals surface area contributed by atoms with E-state index in [0.29, 0.717) is 11.6 Å². The first-order valence-corrected chi connectivity index (χ1v) is 10.4. The molecule has 2 aromatic heterocycles. The molecule has 0 unspecified atom stereocenters. The number of nitrogen functional groups attached to an aromatic ring is 1. The molecule has 8 heteroatoms. The molecule has 0 aliphatic heterocycles. The molecule has 8 nitrogen and oxygen atoms in total. The lowest BCUT2D eigenvalue weighted by molar-refractivity contribution is -0.121. The van der Waals surface area contributed by atoms with E-state index >= 15 is 0 Å². The van der Waals surface area contributed by atoms with Gasteiger partial charge >= 0.3 is 0 Å². The number of hydrazine groups is 1. The van der Waals surface area contributed by atoms with E-state index in [1.165, 1.54) is 6.33 Å². The molecule has 0 aliphatic rings. The van der Waals surface area contributed by atoms with Crippen LogP contribution in [0.1, 0.15) is 17.0 Å². The van der Waals surface area contributed by atoms with Crippen LogP contribution in [0, 0.1) is 0 Å². The number of imidazole rings is 1. The summed E-state index contributed by atoms with van der Waals surface area (Å²) in [4.78, 5) is 26.2. The smallest absolute Gasteiger partial charge is 0.250 e. The van der Waals surface area contributed by atoms with E-state index in [1.807, 2.05) is 84.9 Å². The fourth-order valence-electron chi connectivity index (χ4n) is 3.78. The van der Waals surface area contributed by atoms with Gasteiger partial charge in [-0.3, -0.25) is 20.2 Å². The second kappa shape index (κ2) is 8.80. The van der Waals surface area contributed by atoms with E-state index < -0.39 is 5.92 Å².